The molecule has 0 spiro atoms. The second-order valence-electron chi connectivity index (χ2n) is 4.50. The van der Waals surface area contributed by atoms with Crippen LogP contribution in [0.25, 0.3) is 0 Å². The van der Waals surface area contributed by atoms with Crippen LogP contribution in [0.3, 0.4) is 0 Å². The van der Waals surface area contributed by atoms with Gasteiger partial charge in [-0.05, 0) is 30.7 Å². The van der Waals surface area contributed by atoms with Gasteiger partial charge in [0.2, 0.25) is 0 Å². The Kier molecular flexibility index (Phi) is 4.32. The van der Waals surface area contributed by atoms with Gasteiger partial charge in [0.25, 0.3) is 10.0 Å². The number of nitrogens with one attached hydrogen (secondary N) is 1. The Balaban J connectivity index is 2.50. The van der Waals surface area contributed by atoms with Crippen LogP contribution in [-0.2, 0) is 16.4 Å². The average Bonchev–Trinajstić information content (AvgIpc) is 2.47. The lowest BCUT2D eigenvalue weighted by atomic mass is 10.1. The zero-order chi connectivity index (χ0) is 16.5. The summed E-state index contributed by atoms with van der Waals surface area (Å²) < 4.78 is 67.1. The molecule has 0 heterocycles. The van der Waals surface area contributed by atoms with Crippen LogP contribution in [0.4, 0.5) is 24.5 Å². The summed E-state index contributed by atoms with van der Waals surface area (Å²) in [6.07, 6.45) is 0.136. The van der Waals surface area contributed by atoms with Gasteiger partial charge >= 0.3 is 0 Å². The topological polar surface area (TPSA) is 72.2 Å². The van der Waals surface area contributed by atoms with E-state index in [9.17, 15) is 21.6 Å². The number of anilines is 2. The van der Waals surface area contributed by atoms with Crippen molar-refractivity contribution < 1.29 is 21.6 Å². The summed E-state index contributed by atoms with van der Waals surface area (Å²) >= 11 is 0. The monoisotopic (exact) mass is 330 g/mol. The van der Waals surface area contributed by atoms with Crippen molar-refractivity contribution in [1.29, 1.82) is 0 Å². The fourth-order valence-corrected chi connectivity index (χ4v) is 3.36. The van der Waals surface area contributed by atoms with E-state index in [1.165, 1.54) is 12.1 Å². The minimum Gasteiger partial charge on any atom is -0.394 e. The van der Waals surface area contributed by atoms with Crippen molar-refractivity contribution in [2.45, 2.75) is 18.2 Å². The Morgan fingerprint density at radius 2 is 1.77 bits per heavy atom. The Labute approximate surface area is 125 Å². The number of rotatable bonds is 4. The van der Waals surface area contributed by atoms with E-state index in [4.69, 9.17) is 5.73 Å². The average molecular weight is 330 g/mol. The summed E-state index contributed by atoms with van der Waals surface area (Å²) in [6, 6.07) is 5.31. The van der Waals surface area contributed by atoms with E-state index in [-0.39, 0.29) is 16.9 Å². The first kappa shape index (κ1) is 16.2. The highest BCUT2D eigenvalue weighted by Gasteiger charge is 2.22. The van der Waals surface area contributed by atoms with Crippen LogP contribution < -0.4 is 10.5 Å². The highest BCUT2D eigenvalue weighted by Crippen LogP contribution is 2.27. The van der Waals surface area contributed by atoms with E-state index in [1.54, 1.807) is 6.92 Å². The third kappa shape index (κ3) is 2.87. The molecule has 3 N–H and O–H groups in total. The minimum atomic E-state index is -4.24. The molecular weight excluding hydrogens is 317 g/mol. The smallest absolute Gasteiger partial charge is 0.262 e. The fraction of sp³-hybridized carbons (Fsp3) is 0.143. The quantitative estimate of drug-likeness (QED) is 0.846. The van der Waals surface area contributed by atoms with Crippen LogP contribution in [-0.4, -0.2) is 8.42 Å². The summed E-state index contributed by atoms with van der Waals surface area (Å²) in [5.74, 6) is -2.90. The SMILES string of the molecule is CCc1c(F)cccc1S(=O)(=O)Nc1ccc(F)c(N)c1F. The summed E-state index contributed by atoms with van der Waals surface area (Å²) in [5.41, 5.74) is 3.85. The number of sulfonamides is 1. The molecule has 0 aromatic heterocycles. The molecule has 118 valence electrons. The van der Waals surface area contributed by atoms with Gasteiger partial charge in [0.05, 0.1) is 10.6 Å². The van der Waals surface area contributed by atoms with Gasteiger partial charge in [-0.2, -0.15) is 0 Å². The Morgan fingerprint density at radius 3 is 2.41 bits per heavy atom. The van der Waals surface area contributed by atoms with Crippen LogP contribution in [0, 0.1) is 17.5 Å². The normalized spacial score (nSPS) is 11.5. The molecule has 0 aliphatic carbocycles. The zero-order valence-electron chi connectivity index (χ0n) is 11.5. The number of hydrogen-bond acceptors (Lipinski definition) is 3. The molecule has 0 saturated heterocycles. The van der Waals surface area contributed by atoms with Gasteiger partial charge in [0.15, 0.2) is 5.82 Å². The summed E-state index contributed by atoms with van der Waals surface area (Å²) in [4.78, 5) is -0.308. The Hall–Kier alpha value is -2.22. The molecule has 4 nitrogen and oxygen atoms in total. The molecule has 8 heteroatoms. The maximum absolute atomic E-state index is 13.8. The molecule has 0 radical (unpaired) electrons. The van der Waals surface area contributed by atoms with Crippen LogP contribution in [0.5, 0.6) is 0 Å². The van der Waals surface area contributed by atoms with Gasteiger partial charge in [-0.1, -0.05) is 13.0 Å². The zero-order valence-corrected chi connectivity index (χ0v) is 12.3. The van der Waals surface area contributed by atoms with Crippen molar-refractivity contribution in [2.75, 3.05) is 10.5 Å². The van der Waals surface area contributed by atoms with Crippen LogP contribution in [0.15, 0.2) is 35.2 Å². The van der Waals surface area contributed by atoms with Crippen molar-refractivity contribution >= 4 is 21.4 Å². The molecule has 0 aliphatic rings. The molecule has 0 aliphatic heterocycles. The first-order valence-electron chi connectivity index (χ1n) is 6.31. The molecule has 2 aromatic carbocycles. The van der Waals surface area contributed by atoms with E-state index in [1.807, 2.05) is 4.72 Å². The molecule has 0 atom stereocenters. The maximum atomic E-state index is 13.8. The van der Waals surface area contributed by atoms with Crippen LogP contribution >= 0.6 is 0 Å². The fourth-order valence-electron chi connectivity index (χ4n) is 1.98. The van der Waals surface area contributed by atoms with Crippen molar-refractivity contribution in [3.8, 4) is 0 Å². The van der Waals surface area contributed by atoms with E-state index in [0.29, 0.717) is 0 Å². The number of nitrogen functional groups attached to an aromatic ring is 1. The highest BCUT2D eigenvalue weighted by atomic mass is 32.2. The molecule has 0 fully saturated rings. The molecule has 2 rings (SSSR count). The van der Waals surface area contributed by atoms with Gasteiger partial charge in [-0.3, -0.25) is 4.72 Å². The van der Waals surface area contributed by atoms with Gasteiger partial charge < -0.3 is 5.73 Å². The predicted molar refractivity (Wildman–Crippen MR) is 77.4 cm³/mol. The maximum Gasteiger partial charge on any atom is 0.262 e. The number of nitrogens with two attached hydrogens (primary N) is 1. The third-order valence-corrected chi connectivity index (χ3v) is 4.54. The summed E-state index contributed by atoms with van der Waals surface area (Å²) in [6.45, 7) is 1.59. The van der Waals surface area contributed by atoms with Gasteiger partial charge in [0.1, 0.15) is 17.3 Å². The van der Waals surface area contributed by atoms with Gasteiger partial charge in [-0.25, -0.2) is 21.6 Å². The van der Waals surface area contributed by atoms with Crippen LogP contribution in [0.2, 0.25) is 0 Å². The first-order valence-corrected chi connectivity index (χ1v) is 7.80. The van der Waals surface area contributed by atoms with E-state index in [0.717, 1.165) is 18.2 Å². The minimum absolute atomic E-state index is 0.0227. The lowest BCUT2D eigenvalue weighted by molar-refractivity contribution is 0.583. The van der Waals surface area contributed by atoms with Crippen molar-refractivity contribution in [2.24, 2.45) is 0 Å². The van der Waals surface area contributed by atoms with Crippen molar-refractivity contribution in [3.05, 3.63) is 53.3 Å². The van der Waals surface area contributed by atoms with Gasteiger partial charge in [-0.15, -0.1) is 0 Å². The Morgan fingerprint density at radius 1 is 1.09 bits per heavy atom. The molecule has 0 unspecified atom stereocenters. The molecule has 22 heavy (non-hydrogen) atoms. The van der Waals surface area contributed by atoms with E-state index in [2.05, 4.69) is 0 Å². The first-order chi connectivity index (χ1) is 10.3. The molecule has 0 amide bonds. The second-order valence-corrected chi connectivity index (χ2v) is 6.15. The Bertz CT molecular complexity index is 823. The second kappa shape index (κ2) is 5.88. The number of hydrogen-bond donors (Lipinski definition) is 2. The summed E-state index contributed by atoms with van der Waals surface area (Å²) in [7, 11) is -4.24. The third-order valence-electron chi connectivity index (χ3n) is 3.09. The molecule has 2 aromatic rings. The van der Waals surface area contributed by atoms with Crippen LogP contribution in [0.1, 0.15) is 12.5 Å². The number of benzene rings is 2. The molecular formula is C14H13F3N2O2S. The van der Waals surface area contributed by atoms with E-state index >= 15 is 0 Å². The summed E-state index contributed by atoms with van der Waals surface area (Å²) in [5, 5.41) is 0. The molecule has 0 bridgehead atoms. The largest absolute Gasteiger partial charge is 0.394 e. The van der Waals surface area contributed by atoms with E-state index < -0.39 is 38.8 Å². The number of halogens is 3. The highest BCUT2D eigenvalue weighted by molar-refractivity contribution is 7.92. The predicted octanol–water partition coefficient (Wildman–Crippen LogP) is 3.05. The van der Waals surface area contributed by atoms with Crippen molar-refractivity contribution in [3.63, 3.8) is 0 Å². The standard InChI is InChI=1S/C14H13F3N2O2S/c1-2-8-9(15)4-3-5-12(8)22(20,21)19-11-7-6-10(16)14(18)13(11)17/h3-7,19H,2,18H2,1H3. The van der Waals surface area contributed by atoms with Crippen molar-refractivity contribution in [1.82, 2.24) is 0 Å². The van der Waals surface area contributed by atoms with Gasteiger partial charge in [0, 0.05) is 5.56 Å². The lowest BCUT2D eigenvalue weighted by Crippen LogP contribution is -2.17. The lowest BCUT2D eigenvalue weighted by Gasteiger charge is -2.13. The molecule has 0 saturated carbocycles.